The fourth-order valence-electron chi connectivity index (χ4n) is 8.21. The maximum atomic E-state index is 2.37. The topological polar surface area (TPSA) is 3.24 Å². The Labute approximate surface area is 340 Å². The van der Waals surface area contributed by atoms with Gasteiger partial charge in [-0.05, 0) is 105 Å². The van der Waals surface area contributed by atoms with E-state index in [0.29, 0.717) is 0 Å². The van der Waals surface area contributed by atoms with Crippen LogP contribution in [0.15, 0.2) is 212 Å². The Bertz CT molecular complexity index is 3190. The van der Waals surface area contributed by atoms with E-state index in [1.807, 2.05) is 22.7 Å². The van der Waals surface area contributed by atoms with Gasteiger partial charge in [-0.2, -0.15) is 0 Å². The molecule has 0 aliphatic rings. The van der Waals surface area contributed by atoms with Crippen LogP contribution in [0.3, 0.4) is 0 Å². The molecule has 57 heavy (non-hydrogen) atoms. The van der Waals surface area contributed by atoms with E-state index in [9.17, 15) is 0 Å². The highest BCUT2D eigenvalue weighted by Gasteiger charge is 2.16. The molecule has 3 heteroatoms. The number of hydrogen-bond donors (Lipinski definition) is 0. The number of hydrogen-bond acceptors (Lipinski definition) is 3. The van der Waals surface area contributed by atoms with E-state index in [2.05, 4.69) is 217 Å². The minimum atomic E-state index is 1.11. The molecule has 0 saturated carbocycles. The van der Waals surface area contributed by atoms with Crippen LogP contribution in [0.2, 0.25) is 0 Å². The predicted molar refractivity (Wildman–Crippen MR) is 249 cm³/mol. The number of nitrogens with zero attached hydrogens (tertiary/aromatic N) is 1. The van der Waals surface area contributed by atoms with Gasteiger partial charge in [0.15, 0.2) is 0 Å². The van der Waals surface area contributed by atoms with Crippen molar-refractivity contribution in [2.24, 2.45) is 0 Å². The zero-order chi connectivity index (χ0) is 37.7. The summed E-state index contributed by atoms with van der Waals surface area (Å²) in [4.78, 5) is 2.37. The van der Waals surface area contributed by atoms with E-state index in [0.717, 1.165) is 17.1 Å². The van der Waals surface area contributed by atoms with Crippen LogP contribution in [-0.4, -0.2) is 0 Å². The molecule has 0 amide bonds. The fourth-order valence-corrected chi connectivity index (χ4v) is 10.5. The lowest BCUT2D eigenvalue weighted by atomic mass is 9.99. The van der Waals surface area contributed by atoms with Crippen LogP contribution in [0, 0.1) is 0 Å². The summed E-state index contributed by atoms with van der Waals surface area (Å²) in [5, 5.41) is 5.29. The van der Waals surface area contributed by atoms with Crippen molar-refractivity contribution in [3.8, 4) is 44.5 Å². The van der Waals surface area contributed by atoms with Crippen LogP contribution < -0.4 is 4.90 Å². The van der Waals surface area contributed by atoms with Gasteiger partial charge < -0.3 is 4.90 Å². The lowest BCUT2D eigenvalue weighted by Crippen LogP contribution is -2.09. The molecule has 1 nitrogen and oxygen atoms in total. The molecule has 0 aliphatic heterocycles. The Balaban J connectivity index is 0.960. The third kappa shape index (κ3) is 6.09. The average Bonchev–Trinajstić information content (AvgIpc) is 3.86. The molecular weight excluding hydrogens is 727 g/mol. The highest BCUT2D eigenvalue weighted by molar-refractivity contribution is 7.26. The average molecular weight is 762 g/mol. The third-order valence-electron chi connectivity index (χ3n) is 11.1. The molecule has 0 aliphatic carbocycles. The second kappa shape index (κ2) is 14.1. The molecule has 0 radical (unpaired) electrons. The van der Waals surface area contributed by atoms with Gasteiger partial charge in [-0.3, -0.25) is 0 Å². The third-order valence-corrected chi connectivity index (χ3v) is 13.5. The van der Waals surface area contributed by atoms with Gasteiger partial charge >= 0.3 is 0 Å². The van der Waals surface area contributed by atoms with Gasteiger partial charge in [-0.1, -0.05) is 152 Å². The first-order chi connectivity index (χ1) is 28.2. The highest BCUT2D eigenvalue weighted by atomic mass is 32.1. The normalized spacial score (nSPS) is 11.5. The molecule has 268 valence electrons. The number of benzene rings is 9. The first-order valence-electron chi connectivity index (χ1n) is 19.3. The summed E-state index contributed by atoms with van der Waals surface area (Å²) in [6, 6.07) is 77.5. The molecular formula is C54H35NS2. The quantitative estimate of drug-likeness (QED) is 0.156. The minimum absolute atomic E-state index is 1.11. The van der Waals surface area contributed by atoms with Gasteiger partial charge in [0.2, 0.25) is 0 Å². The Morgan fingerprint density at radius 1 is 0.263 bits per heavy atom. The van der Waals surface area contributed by atoms with Crippen molar-refractivity contribution in [1.82, 2.24) is 0 Å². The Morgan fingerprint density at radius 3 is 1.30 bits per heavy atom. The van der Waals surface area contributed by atoms with Gasteiger partial charge in [0.25, 0.3) is 0 Å². The summed E-state index contributed by atoms with van der Waals surface area (Å²) >= 11 is 3.74. The molecule has 11 rings (SSSR count). The molecule has 2 heterocycles. The predicted octanol–water partition coefficient (Wildman–Crippen LogP) is 16.6. The summed E-state index contributed by atoms with van der Waals surface area (Å²) in [7, 11) is 0. The Hall–Kier alpha value is -6.78. The van der Waals surface area contributed by atoms with Crippen molar-refractivity contribution >= 4 is 80.1 Å². The SMILES string of the molecule is c1ccc(-c2ccc(-c3ccc(N(c4ccc(-c5ccc6sc7ccccc7c6c5)cc4)c4ccc(-c5cccc6c5sc5ccccc56)cc4)cc3)cc2)cc1. The van der Waals surface area contributed by atoms with Gasteiger partial charge in [-0.15, -0.1) is 22.7 Å². The summed E-state index contributed by atoms with van der Waals surface area (Å²) in [5.74, 6) is 0. The lowest BCUT2D eigenvalue weighted by molar-refractivity contribution is 1.28. The molecule has 0 unspecified atom stereocenters. The molecule has 0 N–H and O–H groups in total. The summed E-state index contributed by atoms with van der Waals surface area (Å²) in [6.07, 6.45) is 0. The zero-order valence-electron chi connectivity index (χ0n) is 31.0. The van der Waals surface area contributed by atoms with Gasteiger partial charge in [-0.25, -0.2) is 0 Å². The highest BCUT2D eigenvalue weighted by Crippen LogP contribution is 2.43. The van der Waals surface area contributed by atoms with Crippen LogP contribution >= 0.6 is 22.7 Å². The molecule has 0 fully saturated rings. The van der Waals surface area contributed by atoms with Crippen LogP contribution in [0.5, 0.6) is 0 Å². The maximum absolute atomic E-state index is 2.37. The van der Waals surface area contributed by atoms with Crippen LogP contribution in [0.25, 0.3) is 84.9 Å². The molecule has 0 saturated heterocycles. The van der Waals surface area contributed by atoms with Crippen LogP contribution in [-0.2, 0) is 0 Å². The van der Waals surface area contributed by atoms with Gasteiger partial charge in [0.1, 0.15) is 0 Å². The lowest BCUT2D eigenvalue weighted by Gasteiger charge is -2.26. The monoisotopic (exact) mass is 761 g/mol. The largest absolute Gasteiger partial charge is 0.311 e. The van der Waals surface area contributed by atoms with E-state index in [-0.39, 0.29) is 0 Å². The standard InChI is InChI=1S/C54H35NS2/c1-2-9-36(10-3-1)37-17-19-38(20-18-37)39-21-28-43(29-22-39)55(44-30-23-40(24-31-44)42-27-34-53-50(35-42)48-12-5-6-15-51(48)56-53)45-32-25-41(26-33-45)46-13-8-14-49-47-11-4-7-16-52(47)57-54(46)49/h1-35H. The van der Waals surface area contributed by atoms with E-state index in [4.69, 9.17) is 0 Å². The molecule has 0 bridgehead atoms. The number of anilines is 3. The van der Waals surface area contributed by atoms with E-state index < -0.39 is 0 Å². The van der Waals surface area contributed by atoms with E-state index in [1.165, 1.54) is 84.9 Å². The van der Waals surface area contributed by atoms with Crippen LogP contribution in [0.1, 0.15) is 0 Å². The van der Waals surface area contributed by atoms with Crippen molar-refractivity contribution in [1.29, 1.82) is 0 Å². The molecule has 0 atom stereocenters. The Kier molecular flexibility index (Phi) is 8.28. The van der Waals surface area contributed by atoms with Crippen molar-refractivity contribution in [3.63, 3.8) is 0 Å². The second-order valence-electron chi connectivity index (χ2n) is 14.5. The number of rotatable bonds is 7. The molecule has 0 spiro atoms. The molecule has 11 aromatic rings. The maximum Gasteiger partial charge on any atom is 0.0462 e. The number of thiophene rings is 2. The van der Waals surface area contributed by atoms with Crippen molar-refractivity contribution in [2.75, 3.05) is 4.90 Å². The van der Waals surface area contributed by atoms with Gasteiger partial charge in [0.05, 0.1) is 0 Å². The fraction of sp³-hybridized carbons (Fsp3) is 0. The smallest absolute Gasteiger partial charge is 0.0462 e. The minimum Gasteiger partial charge on any atom is -0.311 e. The van der Waals surface area contributed by atoms with Gasteiger partial charge in [0, 0.05) is 57.4 Å². The summed E-state index contributed by atoms with van der Waals surface area (Å²) in [6.45, 7) is 0. The molecule has 2 aromatic heterocycles. The summed E-state index contributed by atoms with van der Waals surface area (Å²) < 4.78 is 5.31. The van der Waals surface area contributed by atoms with Crippen molar-refractivity contribution < 1.29 is 0 Å². The number of fused-ring (bicyclic) bond motifs is 6. The molecule has 9 aromatic carbocycles. The van der Waals surface area contributed by atoms with Crippen molar-refractivity contribution in [2.45, 2.75) is 0 Å². The van der Waals surface area contributed by atoms with Crippen molar-refractivity contribution in [3.05, 3.63) is 212 Å². The second-order valence-corrected chi connectivity index (χ2v) is 16.6. The summed E-state index contributed by atoms with van der Waals surface area (Å²) in [5.41, 5.74) is 13.1. The Morgan fingerprint density at radius 2 is 0.684 bits per heavy atom. The zero-order valence-corrected chi connectivity index (χ0v) is 32.6. The first-order valence-corrected chi connectivity index (χ1v) is 21.0. The first kappa shape index (κ1) is 33.5. The van der Waals surface area contributed by atoms with E-state index >= 15 is 0 Å². The van der Waals surface area contributed by atoms with Crippen LogP contribution in [0.4, 0.5) is 17.1 Å². The van der Waals surface area contributed by atoms with E-state index in [1.54, 1.807) is 0 Å².